The third-order valence-electron chi connectivity index (χ3n) is 2.20. The lowest BCUT2D eigenvalue weighted by Crippen LogP contribution is -2.34. The molecule has 0 spiro atoms. The molecule has 0 heterocycles. The van der Waals surface area contributed by atoms with Crippen molar-refractivity contribution in [1.82, 2.24) is 4.31 Å². The van der Waals surface area contributed by atoms with Gasteiger partial charge in [-0.05, 0) is 18.3 Å². The normalized spacial score (nSPS) is 13.4. The van der Waals surface area contributed by atoms with Crippen molar-refractivity contribution in [3.05, 3.63) is 0 Å². The number of rotatable bonds is 7. The quantitative estimate of drug-likeness (QED) is 0.526. The van der Waals surface area contributed by atoms with Crippen molar-refractivity contribution in [2.75, 3.05) is 25.2 Å². The maximum absolute atomic E-state index is 11.9. The molecule has 0 N–H and O–H groups in total. The second kappa shape index (κ2) is 6.82. The highest BCUT2D eigenvalue weighted by molar-refractivity contribution is 7.89. The van der Waals surface area contributed by atoms with Crippen LogP contribution in [0.2, 0.25) is 0 Å². The highest BCUT2D eigenvalue weighted by atomic mass is 35.5. The second-order valence-electron chi connectivity index (χ2n) is 5.39. The lowest BCUT2D eigenvalue weighted by atomic mass is 10.0. The molecule has 3 nitrogen and oxygen atoms in total. The SMILES string of the molecule is CN(CCCCCCl)S(=O)(=O)CC(C)(C)C. The largest absolute Gasteiger partial charge is 0.214 e. The molecule has 0 aromatic carbocycles. The Balaban J connectivity index is 4.11. The van der Waals surface area contributed by atoms with Crippen molar-refractivity contribution < 1.29 is 8.42 Å². The fourth-order valence-corrected chi connectivity index (χ4v) is 3.31. The van der Waals surface area contributed by atoms with Gasteiger partial charge in [0.15, 0.2) is 0 Å². The van der Waals surface area contributed by atoms with Crippen LogP contribution in [0.4, 0.5) is 0 Å². The van der Waals surface area contributed by atoms with Gasteiger partial charge in [0.2, 0.25) is 10.0 Å². The average molecular weight is 270 g/mol. The Hall–Kier alpha value is 0.200. The fraction of sp³-hybridized carbons (Fsp3) is 1.00. The van der Waals surface area contributed by atoms with Crippen molar-refractivity contribution >= 4 is 21.6 Å². The number of unbranched alkanes of at least 4 members (excludes halogenated alkanes) is 2. The van der Waals surface area contributed by atoms with Crippen LogP contribution >= 0.6 is 11.6 Å². The van der Waals surface area contributed by atoms with Crippen molar-refractivity contribution in [3.63, 3.8) is 0 Å². The second-order valence-corrected chi connectivity index (χ2v) is 7.84. The molecule has 0 radical (unpaired) electrons. The van der Waals surface area contributed by atoms with Gasteiger partial charge in [0.1, 0.15) is 0 Å². The van der Waals surface area contributed by atoms with Gasteiger partial charge >= 0.3 is 0 Å². The molecule has 0 aliphatic rings. The summed E-state index contributed by atoms with van der Waals surface area (Å²) in [7, 11) is -1.45. The Morgan fingerprint density at radius 1 is 1.12 bits per heavy atom. The molecule has 98 valence electrons. The van der Waals surface area contributed by atoms with Crippen LogP contribution in [0.1, 0.15) is 40.0 Å². The summed E-state index contributed by atoms with van der Waals surface area (Å²) in [4.78, 5) is 0. The molecule has 0 bridgehead atoms. The number of sulfonamides is 1. The first-order chi connectivity index (χ1) is 7.19. The summed E-state index contributed by atoms with van der Waals surface area (Å²) < 4.78 is 25.3. The van der Waals surface area contributed by atoms with E-state index in [-0.39, 0.29) is 11.2 Å². The number of hydrogen-bond donors (Lipinski definition) is 0. The van der Waals surface area contributed by atoms with Crippen LogP contribution in [0, 0.1) is 5.41 Å². The average Bonchev–Trinajstić information content (AvgIpc) is 2.08. The van der Waals surface area contributed by atoms with Gasteiger partial charge in [-0.25, -0.2) is 12.7 Å². The van der Waals surface area contributed by atoms with Gasteiger partial charge in [-0.3, -0.25) is 0 Å². The zero-order chi connectivity index (χ0) is 12.8. The molecule has 0 saturated heterocycles. The van der Waals surface area contributed by atoms with Gasteiger partial charge in [0, 0.05) is 19.5 Å². The molecule has 0 amide bonds. The Bertz CT molecular complexity index is 283. The van der Waals surface area contributed by atoms with Gasteiger partial charge in [0.25, 0.3) is 0 Å². The van der Waals surface area contributed by atoms with Gasteiger partial charge in [-0.1, -0.05) is 27.2 Å². The van der Waals surface area contributed by atoms with E-state index in [1.807, 2.05) is 20.8 Å². The van der Waals surface area contributed by atoms with Gasteiger partial charge in [-0.15, -0.1) is 11.6 Å². The summed E-state index contributed by atoms with van der Waals surface area (Å²) >= 11 is 5.56. The minimum Gasteiger partial charge on any atom is -0.212 e. The van der Waals surface area contributed by atoms with E-state index in [2.05, 4.69) is 0 Å². The summed E-state index contributed by atoms with van der Waals surface area (Å²) in [6.45, 7) is 6.40. The smallest absolute Gasteiger partial charge is 0.212 e. The molecule has 0 unspecified atom stereocenters. The molecule has 0 saturated carbocycles. The van der Waals surface area contributed by atoms with Crippen LogP contribution in [0.25, 0.3) is 0 Å². The van der Waals surface area contributed by atoms with E-state index < -0.39 is 10.0 Å². The van der Waals surface area contributed by atoms with Crippen LogP contribution in [0.5, 0.6) is 0 Å². The summed E-state index contributed by atoms with van der Waals surface area (Å²) in [5.74, 6) is 0.852. The first kappa shape index (κ1) is 16.2. The van der Waals surface area contributed by atoms with Gasteiger partial charge < -0.3 is 0 Å². The Kier molecular flexibility index (Phi) is 6.90. The summed E-state index contributed by atoms with van der Waals surface area (Å²) in [5.41, 5.74) is -0.191. The predicted molar refractivity (Wildman–Crippen MR) is 70.4 cm³/mol. The zero-order valence-electron chi connectivity index (χ0n) is 10.8. The number of halogens is 1. The third kappa shape index (κ3) is 7.47. The van der Waals surface area contributed by atoms with E-state index in [9.17, 15) is 8.42 Å². The monoisotopic (exact) mass is 269 g/mol. The molecule has 0 aromatic heterocycles. The number of hydrogen-bond acceptors (Lipinski definition) is 2. The minimum absolute atomic E-state index is 0.191. The van der Waals surface area contributed by atoms with Crippen molar-refractivity contribution in [2.45, 2.75) is 40.0 Å². The van der Waals surface area contributed by atoms with Crippen molar-refractivity contribution in [2.24, 2.45) is 5.41 Å². The predicted octanol–water partition coefficient (Wildman–Crippen LogP) is 2.70. The molecule has 0 atom stereocenters. The first-order valence-corrected chi connectivity index (χ1v) is 7.83. The third-order valence-corrected chi connectivity index (χ3v) is 4.83. The highest BCUT2D eigenvalue weighted by Crippen LogP contribution is 2.18. The van der Waals surface area contributed by atoms with Crippen LogP contribution < -0.4 is 0 Å². The molecule has 0 fully saturated rings. The molecule has 0 aromatic rings. The Labute approximate surface area is 105 Å². The Morgan fingerprint density at radius 3 is 2.12 bits per heavy atom. The molecule has 16 heavy (non-hydrogen) atoms. The molecule has 0 rings (SSSR count). The van der Waals surface area contributed by atoms with E-state index in [0.717, 1.165) is 19.3 Å². The number of alkyl halides is 1. The standard InChI is InChI=1S/C11H24ClNO2S/c1-11(2,3)10-16(14,15)13(4)9-7-5-6-8-12/h5-10H2,1-4H3. The Morgan fingerprint density at radius 2 is 1.69 bits per heavy atom. The molecular weight excluding hydrogens is 246 g/mol. The molecule has 5 heteroatoms. The topological polar surface area (TPSA) is 37.4 Å². The van der Waals surface area contributed by atoms with E-state index >= 15 is 0 Å². The lowest BCUT2D eigenvalue weighted by Gasteiger charge is -2.23. The fourth-order valence-electron chi connectivity index (χ4n) is 1.40. The van der Waals surface area contributed by atoms with Crippen molar-refractivity contribution in [3.8, 4) is 0 Å². The highest BCUT2D eigenvalue weighted by Gasteiger charge is 2.24. The molecule has 0 aliphatic carbocycles. The maximum Gasteiger partial charge on any atom is 0.214 e. The minimum atomic E-state index is -3.10. The summed E-state index contributed by atoms with van der Waals surface area (Å²) in [6.07, 6.45) is 2.82. The van der Waals surface area contributed by atoms with Gasteiger partial charge in [-0.2, -0.15) is 0 Å². The summed E-state index contributed by atoms with van der Waals surface area (Å²) in [5, 5.41) is 0. The van der Waals surface area contributed by atoms with Crippen molar-refractivity contribution in [1.29, 1.82) is 0 Å². The summed E-state index contributed by atoms with van der Waals surface area (Å²) in [6, 6.07) is 0. The van der Waals surface area contributed by atoms with Crippen LogP contribution in [-0.2, 0) is 10.0 Å². The van der Waals surface area contributed by atoms with Gasteiger partial charge in [0.05, 0.1) is 5.75 Å². The van der Waals surface area contributed by atoms with E-state index in [4.69, 9.17) is 11.6 Å². The van der Waals surface area contributed by atoms with Crippen LogP contribution in [0.3, 0.4) is 0 Å². The number of nitrogens with zero attached hydrogens (tertiary/aromatic N) is 1. The molecule has 0 aliphatic heterocycles. The zero-order valence-corrected chi connectivity index (χ0v) is 12.4. The van der Waals surface area contributed by atoms with Crippen LogP contribution in [0.15, 0.2) is 0 Å². The maximum atomic E-state index is 11.9. The first-order valence-electron chi connectivity index (χ1n) is 5.69. The molecular formula is C11H24ClNO2S. The lowest BCUT2D eigenvalue weighted by molar-refractivity contribution is 0.416. The van der Waals surface area contributed by atoms with Crippen LogP contribution in [-0.4, -0.2) is 37.9 Å². The van der Waals surface area contributed by atoms with E-state index in [1.165, 1.54) is 4.31 Å². The van der Waals surface area contributed by atoms with E-state index in [0.29, 0.717) is 12.4 Å². The van der Waals surface area contributed by atoms with E-state index in [1.54, 1.807) is 7.05 Å².